The smallest absolute Gasteiger partial charge is 0.251 e. The molecule has 0 saturated heterocycles. The average molecular weight is 446 g/mol. The van der Waals surface area contributed by atoms with Crippen molar-refractivity contribution in [2.75, 3.05) is 0 Å². The van der Waals surface area contributed by atoms with Crippen LogP contribution in [0.4, 0.5) is 8.78 Å². The van der Waals surface area contributed by atoms with E-state index in [0.29, 0.717) is 23.0 Å². The molecular formula is C22H20F2N2O4S. The Labute approximate surface area is 178 Å². The van der Waals surface area contributed by atoms with Crippen LogP contribution in [-0.4, -0.2) is 24.7 Å². The van der Waals surface area contributed by atoms with Gasteiger partial charge in [-0.1, -0.05) is 12.1 Å². The molecule has 3 aromatic rings. The minimum Gasteiger partial charge on any atom is -0.468 e. The molecule has 0 unspecified atom stereocenters. The molecule has 0 atom stereocenters. The number of benzene rings is 2. The summed E-state index contributed by atoms with van der Waals surface area (Å²) < 4.78 is 60.2. The number of furan rings is 1. The number of carbonyl (C=O) groups is 1. The SMILES string of the molecule is O=C(NC1CC1)c1ccc(CN(Cc2ccco2)S(=O)(=O)c2ccc(F)cc2F)cc1. The van der Waals surface area contributed by atoms with Crippen LogP contribution >= 0.6 is 0 Å². The number of rotatable bonds is 8. The lowest BCUT2D eigenvalue weighted by atomic mass is 10.1. The Kier molecular flexibility index (Phi) is 5.88. The van der Waals surface area contributed by atoms with Crippen molar-refractivity contribution in [1.82, 2.24) is 9.62 Å². The second kappa shape index (κ2) is 8.60. The molecule has 1 saturated carbocycles. The molecule has 1 fully saturated rings. The summed E-state index contributed by atoms with van der Waals surface area (Å²) in [4.78, 5) is 11.5. The third-order valence-electron chi connectivity index (χ3n) is 4.91. The number of carbonyl (C=O) groups excluding carboxylic acids is 1. The average Bonchev–Trinajstić information content (AvgIpc) is 3.39. The van der Waals surface area contributed by atoms with E-state index >= 15 is 0 Å². The van der Waals surface area contributed by atoms with Crippen molar-refractivity contribution in [3.8, 4) is 0 Å². The quantitative estimate of drug-likeness (QED) is 0.570. The molecule has 1 aliphatic rings. The largest absolute Gasteiger partial charge is 0.468 e. The van der Waals surface area contributed by atoms with Gasteiger partial charge in [0.25, 0.3) is 5.91 Å². The van der Waals surface area contributed by atoms with E-state index in [1.165, 1.54) is 6.26 Å². The number of sulfonamides is 1. The molecule has 1 aromatic heterocycles. The molecule has 0 spiro atoms. The van der Waals surface area contributed by atoms with E-state index in [4.69, 9.17) is 4.42 Å². The first kappa shape index (κ1) is 21.2. The van der Waals surface area contributed by atoms with Crippen molar-refractivity contribution >= 4 is 15.9 Å². The molecule has 162 valence electrons. The summed E-state index contributed by atoms with van der Waals surface area (Å²) in [6.07, 6.45) is 3.36. The predicted molar refractivity (Wildman–Crippen MR) is 108 cm³/mol. The van der Waals surface area contributed by atoms with Crippen molar-refractivity contribution < 1.29 is 26.4 Å². The topological polar surface area (TPSA) is 79.6 Å². The molecule has 0 bridgehead atoms. The molecule has 1 aliphatic carbocycles. The van der Waals surface area contributed by atoms with Gasteiger partial charge in [-0.2, -0.15) is 4.31 Å². The lowest BCUT2D eigenvalue weighted by Gasteiger charge is -2.22. The molecule has 1 N–H and O–H groups in total. The molecule has 1 amide bonds. The first-order chi connectivity index (χ1) is 14.8. The normalized spacial score (nSPS) is 14.0. The van der Waals surface area contributed by atoms with E-state index in [2.05, 4.69) is 5.32 Å². The van der Waals surface area contributed by atoms with Gasteiger partial charge in [0.05, 0.1) is 12.8 Å². The standard InChI is InChI=1S/C22H20F2N2O4S/c23-17-7-10-21(20(24)12-17)31(28,29)26(14-19-2-1-11-30-19)13-15-3-5-16(6-4-15)22(27)25-18-8-9-18/h1-7,10-12,18H,8-9,13-14H2,(H,25,27). The van der Waals surface area contributed by atoms with E-state index in [1.54, 1.807) is 36.4 Å². The zero-order chi connectivity index (χ0) is 22.0. The molecular weight excluding hydrogens is 426 g/mol. The first-order valence-electron chi connectivity index (χ1n) is 9.70. The highest BCUT2D eigenvalue weighted by atomic mass is 32.2. The van der Waals surface area contributed by atoms with Gasteiger partial charge in [-0.15, -0.1) is 0 Å². The van der Waals surface area contributed by atoms with Gasteiger partial charge in [-0.3, -0.25) is 4.79 Å². The number of halogens is 2. The summed E-state index contributed by atoms with van der Waals surface area (Å²) in [5.41, 5.74) is 1.07. The van der Waals surface area contributed by atoms with Gasteiger partial charge in [0.1, 0.15) is 22.3 Å². The Morgan fingerprint density at radius 1 is 1.06 bits per heavy atom. The Morgan fingerprint density at radius 2 is 1.81 bits per heavy atom. The van der Waals surface area contributed by atoms with Crippen LogP contribution in [0.25, 0.3) is 0 Å². The fourth-order valence-electron chi connectivity index (χ4n) is 3.09. The van der Waals surface area contributed by atoms with E-state index in [1.807, 2.05) is 0 Å². The van der Waals surface area contributed by atoms with Crippen molar-refractivity contribution in [2.45, 2.75) is 36.9 Å². The number of hydrogen-bond acceptors (Lipinski definition) is 4. The van der Waals surface area contributed by atoms with Crippen LogP contribution in [0, 0.1) is 11.6 Å². The molecule has 0 radical (unpaired) electrons. The van der Waals surface area contributed by atoms with Crippen molar-refractivity contribution in [3.05, 3.63) is 89.4 Å². The summed E-state index contributed by atoms with van der Waals surface area (Å²) in [6, 6.07) is 12.3. The maximum atomic E-state index is 14.3. The zero-order valence-electron chi connectivity index (χ0n) is 16.4. The van der Waals surface area contributed by atoms with E-state index in [-0.39, 0.29) is 25.0 Å². The number of nitrogens with one attached hydrogen (secondary N) is 1. The highest BCUT2D eigenvalue weighted by Crippen LogP contribution is 2.25. The highest BCUT2D eigenvalue weighted by Gasteiger charge is 2.29. The second-order valence-corrected chi connectivity index (χ2v) is 9.28. The summed E-state index contributed by atoms with van der Waals surface area (Å²) in [7, 11) is -4.30. The number of nitrogens with zero attached hydrogens (tertiary/aromatic N) is 1. The minimum absolute atomic E-state index is 0.0929. The highest BCUT2D eigenvalue weighted by molar-refractivity contribution is 7.89. The molecule has 31 heavy (non-hydrogen) atoms. The Morgan fingerprint density at radius 3 is 2.42 bits per heavy atom. The van der Waals surface area contributed by atoms with Gasteiger partial charge in [-0.25, -0.2) is 17.2 Å². The molecule has 9 heteroatoms. The summed E-state index contributed by atoms with van der Waals surface area (Å²) >= 11 is 0. The van der Waals surface area contributed by atoms with Crippen LogP contribution < -0.4 is 5.32 Å². The molecule has 0 aliphatic heterocycles. The monoisotopic (exact) mass is 446 g/mol. The minimum atomic E-state index is -4.30. The summed E-state index contributed by atoms with van der Waals surface area (Å²) in [6.45, 7) is -0.236. The van der Waals surface area contributed by atoms with Crippen molar-refractivity contribution in [2.24, 2.45) is 0 Å². The van der Waals surface area contributed by atoms with Crippen LogP contribution in [0.2, 0.25) is 0 Å². The maximum absolute atomic E-state index is 14.3. The third kappa shape index (κ3) is 5.00. The third-order valence-corrected chi connectivity index (χ3v) is 6.74. The van der Waals surface area contributed by atoms with Crippen LogP contribution in [0.15, 0.2) is 70.2 Å². The van der Waals surface area contributed by atoms with Gasteiger partial charge in [0.2, 0.25) is 10.0 Å². The Balaban J connectivity index is 1.59. The number of amides is 1. The fraction of sp³-hybridized carbons (Fsp3) is 0.227. The van der Waals surface area contributed by atoms with Crippen LogP contribution in [-0.2, 0) is 23.1 Å². The van der Waals surface area contributed by atoms with Gasteiger partial charge in [-0.05, 0) is 54.8 Å². The second-order valence-electron chi connectivity index (χ2n) is 7.37. The number of hydrogen-bond donors (Lipinski definition) is 1. The van der Waals surface area contributed by atoms with Crippen molar-refractivity contribution in [3.63, 3.8) is 0 Å². The van der Waals surface area contributed by atoms with E-state index < -0.39 is 26.6 Å². The molecule has 4 rings (SSSR count). The zero-order valence-corrected chi connectivity index (χ0v) is 17.2. The van der Waals surface area contributed by atoms with Crippen molar-refractivity contribution in [1.29, 1.82) is 0 Å². The van der Waals surface area contributed by atoms with Crippen LogP contribution in [0.3, 0.4) is 0 Å². The maximum Gasteiger partial charge on any atom is 0.251 e. The van der Waals surface area contributed by atoms with Gasteiger partial charge in [0, 0.05) is 24.2 Å². The first-order valence-corrected chi connectivity index (χ1v) is 11.1. The summed E-state index contributed by atoms with van der Waals surface area (Å²) in [5, 5.41) is 2.89. The molecule has 1 heterocycles. The lowest BCUT2D eigenvalue weighted by molar-refractivity contribution is 0.0951. The van der Waals surface area contributed by atoms with Gasteiger partial charge < -0.3 is 9.73 Å². The lowest BCUT2D eigenvalue weighted by Crippen LogP contribution is -2.31. The van der Waals surface area contributed by atoms with Gasteiger partial charge >= 0.3 is 0 Å². The van der Waals surface area contributed by atoms with Crippen LogP contribution in [0.5, 0.6) is 0 Å². The van der Waals surface area contributed by atoms with Crippen LogP contribution in [0.1, 0.15) is 34.5 Å². The molecule has 2 aromatic carbocycles. The summed E-state index contributed by atoms with van der Waals surface area (Å²) in [5.74, 6) is -1.85. The van der Waals surface area contributed by atoms with Gasteiger partial charge in [0.15, 0.2) is 0 Å². The van der Waals surface area contributed by atoms with E-state index in [0.717, 1.165) is 29.3 Å². The molecule has 6 nitrogen and oxygen atoms in total. The fourth-order valence-corrected chi connectivity index (χ4v) is 4.53. The van der Waals surface area contributed by atoms with E-state index in [9.17, 15) is 22.0 Å². The Bertz CT molecular complexity index is 1170. The predicted octanol–water partition coefficient (Wildman–Crippen LogP) is 3.84. The Hall–Kier alpha value is -3.04.